The van der Waals surface area contributed by atoms with Crippen LogP contribution in [0.1, 0.15) is 20.3 Å². The van der Waals surface area contributed by atoms with Gasteiger partial charge in [0.25, 0.3) is 0 Å². The molecule has 2 rings (SSSR count). The van der Waals surface area contributed by atoms with E-state index in [9.17, 15) is 0 Å². The average Bonchev–Trinajstić information content (AvgIpc) is 2.53. The third kappa shape index (κ3) is 3.62. The molecule has 0 unspecified atom stereocenters. The topological polar surface area (TPSA) is 56.3 Å². The van der Waals surface area contributed by atoms with Gasteiger partial charge in [-0.2, -0.15) is 0 Å². The van der Waals surface area contributed by atoms with Gasteiger partial charge in [0.15, 0.2) is 11.6 Å². The van der Waals surface area contributed by atoms with Gasteiger partial charge in [-0.25, -0.2) is 9.97 Å². The van der Waals surface area contributed by atoms with E-state index in [0.717, 1.165) is 36.6 Å². The molecule has 0 aliphatic heterocycles. The first-order chi connectivity index (χ1) is 10.3. The fraction of sp³-hybridized carbons (Fsp3) is 0.375. The van der Waals surface area contributed by atoms with Crippen molar-refractivity contribution in [2.75, 3.05) is 25.6 Å². The number of nitrogens with zero attached hydrogens (tertiary/aromatic N) is 2. The van der Waals surface area contributed by atoms with Gasteiger partial charge in [0.05, 0.1) is 13.7 Å². The second kappa shape index (κ2) is 7.47. The molecule has 5 nitrogen and oxygen atoms in total. The summed E-state index contributed by atoms with van der Waals surface area (Å²) in [6, 6.07) is 7.84. The van der Waals surface area contributed by atoms with Crippen LogP contribution >= 0.6 is 0 Å². The molecule has 21 heavy (non-hydrogen) atoms. The van der Waals surface area contributed by atoms with E-state index in [-0.39, 0.29) is 0 Å². The van der Waals surface area contributed by atoms with Gasteiger partial charge in [0.1, 0.15) is 17.8 Å². The monoisotopic (exact) mass is 287 g/mol. The van der Waals surface area contributed by atoms with Gasteiger partial charge in [0, 0.05) is 12.1 Å². The number of methoxy groups -OCH3 is 1. The zero-order valence-corrected chi connectivity index (χ0v) is 12.7. The molecule has 112 valence electrons. The highest BCUT2D eigenvalue weighted by molar-refractivity contribution is 5.72. The maximum absolute atomic E-state index is 5.59. The lowest BCUT2D eigenvalue weighted by atomic mass is 10.1. The number of benzene rings is 1. The molecular formula is C16H21N3O2. The van der Waals surface area contributed by atoms with Gasteiger partial charge in [0.2, 0.25) is 0 Å². The summed E-state index contributed by atoms with van der Waals surface area (Å²) in [7, 11) is 1.63. The molecule has 1 N–H and O–H groups in total. The Morgan fingerprint density at radius 3 is 2.48 bits per heavy atom. The summed E-state index contributed by atoms with van der Waals surface area (Å²) in [6.45, 7) is 5.60. The normalized spacial score (nSPS) is 10.2. The van der Waals surface area contributed by atoms with E-state index < -0.39 is 0 Å². The quantitative estimate of drug-likeness (QED) is 0.846. The molecule has 0 bridgehead atoms. The van der Waals surface area contributed by atoms with E-state index >= 15 is 0 Å². The standard InChI is InChI=1S/C16H21N3O2/c1-4-10-21-13-8-6-12(7-9-13)14-15(20-3)16(17-5-2)19-11-18-14/h6-9,11H,4-5,10H2,1-3H3,(H,17,18,19). The van der Waals surface area contributed by atoms with Crippen molar-refractivity contribution in [3.8, 4) is 22.8 Å². The van der Waals surface area contributed by atoms with Crippen LogP contribution in [0.15, 0.2) is 30.6 Å². The van der Waals surface area contributed by atoms with Crippen molar-refractivity contribution in [1.29, 1.82) is 0 Å². The number of hydrogen-bond donors (Lipinski definition) is 1. The van der Waals surface area contributed by atoms with E-state index in [1.165, 1.54) is 6.33 Å². The molecule has 0 spiro atoms. The van der Waals surface area contributed by atoms with Crippen LogP contribution in [-0.4, -0.2) is 30.2 Å². The van der Waals surface area contributed by atoms with Crippen LogP contribution in [0, 0.1) is 0 Å². The van der Waals surface area contributed by atoms with E-state index in [1.807, 2.05) is 31.2 Å². The van der Waals surface area contributed by atoms with Crippen molar-refractivity contribution in [2.45, 2.75) is 20.3 Å². The fourth-order valence-electron chi connectivity index (χ4n) is 2.00. The van der Waals surface area contributed by atoms with Crippen LogP contribution in [0.25, 0.3) is 11.3 Å². The Balaban J connectivity index is 2.30. The lowest BCUT2D eigenvalue weighted by Gasteiger charge is -2.12. The van der Waals surface area contributed by atoms with E-state index in [2.05, 4.69) is 22.2 Å². The molecule has 5 heteroatoms. The van der Waals surface area contributed by atoms with Crippen LogP contribution < -0.4 is 14.8 Å². The molecule has 2 aromatic rings. The molecule has 0 fully saturated rings. The van der Waals surface area contributed by atoms with Crippen LogP contribution in [0.4, 0.5) is 5.82 Å². The highest BCUT2D eigenvalue weighted by atomic mass is 16.5. The Labute approximate surface area is 125 Å². The Kier molecular flexibility index (Phi) is 5.37. The van der Waals surface area contributed by atoms with E-state index in [1.54, 1.807) is 7.11 Å². The second-order valence-electron chi connectivity index (χ2n) is 4.51. The van der Waals surface area contributed by atoms with Crippen molar-refractivity contribution < 1.29 is 9.47 Å². The van der Waals surface area contributed by atoms with Crippen LogP contribution in [-0.2, 0) is 0 Å². The van der Waals surface area contributed by atoms with Crippen molar-refractivity contribution in [2.24, 2.45) is 0 Å². The van der Waals surface area contributed by atoms with Gasteiger partial charge < -0.3 is 14.8 Å². The minimum absolute atomic E-state index is 0.654. The van der Waals surface area contributed by atoms with Crippen molar-refractivity contribution >= 4 is 5.82 Å². The third-order valence-corrected chi connectivity index (χ3v) is 2.95. The number of anilines is 1. The SMILES string of the molecule is CCCOc1ccc(-c2ncnc(NCC)c2OC)cc1. The number of aromatic nitrogens is 2. The van der Waals surface area contributed by atoms with Crippen LogP contribution in [0.2, 0.25) is 0 Å². The van der Waals surface area contributed by atoms with Crippen LogP contribution in [0.5, 0.6) is 11.5 Å². The molecule has 0 saturated carbocycles. The van der Waals surface area contributed by atoms with Crippen molar-refractivity contribution in [3.05, 3.63) is 30.6 Å². The highest BCUT2D eigenvalue weighted by Gasteiger charge is 2.13. The largest absolute Gasteiger partial charge is 0.494 e. The molecule has 1 heterocycles. The first kappa shape index (κ1) is 15.1. The molecule has 0 atom stereocenters. The number of nitrogens with one attached hydrogen (secondary N) is 1. The third-order valence-electron chi connectivity index (χ3n) is 2.95. The summed E-state index contributed by atoms with van der Waals surface area (Å²) in [5.41, 5.74) is 1.74. The molecule has 1 aromatic carbocycles. The van der Waals surface area contributed by atoms with E-state index in [0.29, 0.717) is 11.6 Å². The van der Waals surface area contributed by atoms with Crippen molar-refractivity contribution in [1.82, 2.24) is 9.97 Å². The lowest BCUT2D eigenvalue weighted by molar-refractivity contribution is 0.317. The molecule has 1 aromatic heterocycles. The molecule has 0 aliphatic carbocycles. The molecule has 0 saturated heterocycles. The summed E-state index contributed by atoms with van der Waals surface area (Å²) in [4.78, 5) is 8.55. The molecule has 0 amide bonds. The zero-order chi connectivity index (χ0) is 15.1. The summed E-state index contributed by atoms with van der Waals surface area (Å²) in [5.74, 6) is 2.22. The average molecular weight is 287 g/mol. The van der Waals surface area contributed by atoms with Gasteiger partial charge >= 0.3 is 0 Å². The maximum atomic E-state index is 5.59. The van der Waals surface area contributed by atoms with Gasteiger partial charge in [-0.1, -0.05) is 6.92 Å². The first-order valence-corrected chi connectivity index (χ1v) is 7.16. The van der Waals surface area contributed by atoms with Crippen LogP contribution in [0.3, 0.4) is 0 Å². The number of rotatable bonds is 7. The summed E-state index contributed by atoms with van der Waals surface area (Å²) in [5, 5.41) is 3.18. The predicted molar refractivity (Wildman–Crippen MR) is 84.0 cm³/mol. The first-order valence-electron chi connectivity index (χ1n) is 7.16. The minimum Gasteiger partial charge on any atom is -0.494 e. The Bertz CT molecular complexity index is 570. The number of ether oxygens (including phenoxy) is 2. The molecule has 0 radical (unpaired) electrons. The summed E-state index contributed by atoms with van der Waals surface area (Å²) >= 11 is 0. The maximum Gasteiger partial charge on any atom is 0.187 e. The second-order valence-corrected chi connectivity index (χ2v) is 4.51. The summed E-state index contributed by atoms with van der Waals surface area (Å²) in [6.07, 6.45) is 2.53. The predicted octanol–water partition coefficient (Wildman–Crippen LogP) is 3.37. The van der Waals surface area contributed by atoms with E-state index in [4.69, 9.17) is 9.47 Å². The highest BCUT2D eigenvalue weighted by Crippen LogP contribution is 2.33. The number of hydrogen-bond acceptors (Lipinski definition) is 5. The van der Waals surface area contributed by atoms with Crippen molar-refractivity contribution in [3.63, 3.8) is 0 Å². The molecular weight excluding hydrogens is 266 g/mol. The van der Waals surface area contributed by atoms with Gasteiger partial charge in [-0.05, 0) is 37.6 Å². The molecule has 0 aliphatic rings. The summed E-state index contributed by atoms with van der Waals surface area (Å²) < 4.78 is 11.0. The zero-order valence-electron chi connectivity index (χ0n) is 12.7. The fourth-order valence-corrected chi connectivity index (χ4v) is 2.00. The minimum atomic E-state index is 0.654. The Morgan fingerprint density at radius 1 is 1.10 bits per heavy atom. The Hall–Kier alpha value is -2.30. The van der Waals surface area contributed by atoms with Gasteiger partial charge in [-0.15, -0.1) is 0 Å². The smallest absolute Gasteiger partial charge is 0.187 e. The van der Waals surface area contributed by atoms with Gasteiger partial charge in [-0.3, -0.25) is 0 Å². The Morgan fingerprint density at radius 2 is 1.86 bits per heavy atom. The lowest BCUT2D eigenvalue weighted by Crippen LogP contribution is -2.04.